The summed E-state index contributed by atoms with van der Waals surface area (Å²) < 4.78 is 0. The van der Waals surface area contributed by atoms with E-state index in [9.17, 15) is 9.59 Å². The van der Waals surface area contributed by atoms with Gasteiger partial charge < -0.3 is 10.2 Å². The summed E-state index contributed by atoms with van der Waals surface area (Å²) in [5.74, 6) is 1.80. The first kappa shape index (κ1) is 20.3. The quantitative estimate of drug-likeness (QED) is 0.708. The number of nitrogens with zero attached hydrogens (tertiary/aromatic N) is 1. The van der Waals surface area contributed by atoms with Crippen LogP contribution in [-0.2, 0) is 16.1 Å². The van der Waals surface area contributed by atoms with Crippen LogP contribution in [0, 0.1) is 28.6 Å². The predicted molar refractivity (Wildman–Crippen MR) is 120 cm³/mol. The highest BCUT2D eigenvalue weighted by atomic mass is 32.1. The van der Waals surface area contributed by atoms with E-state index in [0.29, 0.717) is 23.5 Å². The molecule has 1 aromatic rings. The van der Waals surface area contributed by atoms with Gasteiger partial charge in [0.15, 0.2) is 0 Å². The molecule has 2 amide bonds. The first-order valence-electron chi connectivity index (χ1n) is 11.6. The Hall–Kier alpha value is -1.62. The molecule has 1 aliphatic heterocycles. The van der Waals surface area contributed by atoms with Gasteiger partial charge in [-0.15, -0.1) is 11.3 Å². The van der Waals surface area contributed by atoms with Crippen molar-refractivity contribution in [1.82, 2.24) is 10.2 Å². The van der Waals surface area contributed by atoms with Gasteiger partial charge in [-0.05, 0) is 73.1 Å². The van der Waals surface area contributed by atoms with E-state index in [1.807, 2.05) is 29.5 Å². The van der Waals surface area contributed by atoms with E-state index in [1.54, 1.807) is 11.3 Å². The lowest BCUT2D eigenvalue weighted by Crippen LogP contribution is -2.61. The van der Waals surface area contributed by atoms with E-state index < -0.39 is 0 Å². The van der Waals surface area contributed by atoms with Crippen molar-refractivity contribution in [1.29, 1.82) is 0 Å². The minimum absolute atomic E-state index is 0.106. The molecule has 4 aliphatic rings. The van der Waals surface area contributed by atoms with E-state index in [4.69, 9.17) is 0 Å². The Morgan fingerprint density at radius 1 is 1.20 bits per heavy atom. The molecule has 0 saturated heterocycles. The fraction of sp³-hybridized carbons (Fsp3) is 0.680. The fourth-order valence-electron chi connectivity index (χ4n) is 7.72. The van der Waals surface area contributed by atoms with Crippen LogP contribution >= 0.6 is 11.3 Å². The average Bonchev–Trinajstić information content (AvgIpc) is 3.38. The number of thiophene rings is 1. The minimum Gasteiger partial charge on any atom is -0.347 e. The second kappa shape index (κ2) is 7.22. The molecule has 0 bridgehead atoms. The lowest BCUT2D eigenvalue weighted by molar-refractivity contribution is -0.141. The molecule has 6 atom stereocenters. The molecule has 0 aromatic carbocycles. The van der Waals surface area contributed by atoms with Gasteiger partial charge >= 0.3 is 0 Å². The molecule has 1 aromatic heterocycles. The van der Waals surface area contributed by atoms with Gasteiger partial charge in [0.05, 0.1) is 6.54 Å². The molecule has 0 radical (unpaired) electrons. The summed E-state index contributed by atoms with van der Waals surface area (Å²) >= 11 is 1.62. The number of hydrogen-bond donors (Lipinski definition) is 1. The number of fused-ring (bicyclic) bond motifs is 5. The van der Waals surface area contributed by atoms with Gasteiger partial charge in [0.2, 0.25) is 0 Å². The standard InChI is InChI=1S/C25H34N2O2S/c1-24-11-4-7-19(24)17-8-9-21-25(2,20(17)10-12-24)14-18(23(29)27(21)3)22(28)26-15-16-6-5-13-30-16/h5-6,13-14,17,19-21H,4,7-12,15H2,1-3H3,(H,26,28)/t17-,19-,20+,21?,24-,25+/m0/s1. The Balaban J connectivity index is 1.44. The Bertz CT molecular complexity index is 878. The summed E-state index contributed by atoms with van der Waals surface area (Å²) in [7, 11) is 1.91. The second-order valence-electron chi connectivity index (χ2n) is 10.7. The molecule has 162 valence electrons. The van der Waals surface area contributed by atoms with Crippen molar-refractivity contribution in [2.24, 2.45) is 28.6 Å². The number of amides is 2. The fourth-order valence-corrected chi connectivity index (χ4v) is 8.37. The number of likely N-dealkylation sites (N-methyl/N-ethyl adjacent to an activating group) is 1. The highest BCUT2D eigenvalue weighted by Crippen LogP contribution is 2.64. The molecule has 3 saturated carbocycles. The Morgan fingerprint density at radius 3 is 2.80 bits per heavy atom. The summed E-state index contributed by atoms with van der Waals surface area (Å²) in [6.07, 6.45) is 11.0. The highest BCUT2D eigenvalue weighted by molar-refractivity contribution is 7.09. The first-order valence-corrected chi connectivity index (χ1v) is 12.5. The smallest absolute Gasteiger partial charge is 0.259 e. The third-order valence-corrected chi connectivity index (χ3v) is 10.1. The molecule has 1 N–H and O–H groups in total. The zero-order chi connectivity index (χ0) is 21.1. The van der Waals surface area contributed by atoms with E-state index >= 15 is 0 Å². The molecule has 5 heteroatoms. The maximum atomic E-state index is 13.1. The van der Waals surface area contributed by atoms with Crippen LogP contribution in [0.15, 0.2) is 29.2 Å². The normalized spacial score (nSPS) is 40.3. The number of nitrogens with one attached hydrogen (secondary N) is 1. The third-order valence-electron chi connectivity index (χ3n) is 9.23. The minimum atomic E-state index is -0.219. The van der Waals surface area contributed by atoms with Crippen LogP contribution in [0.3, 0.4) is 0 Å². The van der Waals surface area contributed by atoms with Gasteiger partial charge in [-0.3, -0.25) is 9.59 Å². The molecule has 1 unspecified atom stereocenters. The topological polar surface area (TPSA) is 49.4 Å². The zero-order valence-electron chi connectivity index (χ0n) is 18.4. The van der Waals surface area contributed by atoms with Crippen molar-refractivity contribution in [2.45, 2.75) is 71.4 Å². The maximum Gasteiger partial charge on any atom is 0.259 e. The predicted octanol–water partition coefficient (Wildman–Crippen LogP) is 4.76. The van der Waals surface area contributed by atoms with Crippen LogP contribution < -0.4 is 5.32 Å². The van der Waals surface area contributed by atoms with Crippen molar-refractivity contribution in [3.63, 3.8) is 0 Å². The third kappa shape index (κ3) is 2.99. The van der Waals surface area contributed by atoms with Gasteiger partial charge in [0, 0.05) is 23.4 Å². The van der Waals surface area contributed by atoms with Crippen LogP contribution in [0.1, 0.15) is 63.7 Å². The number of carbonyl (C=O) groups excluding carboxylic acids is 2. The van der Waals surface area contributed by atoms with E-state index in [-0.39, 0.29) is 23.3 Å². The van der Waals surface area contributed by atoms with Gasteiger partial charge in [-0.2, -0.15) is 0 Å². The van der Waals surface area contributed by atoms with Crippen LogP contribution in [0.25, 0.3) is 0 Å². The lowest BCUT2D eigenvalue weighted by Gasteiger charge is -2.60. The summed E-state index contributed by atoms with van der Waals surface area (Å²) in [6, 6.07) is 4.21. The van der Waals surface area contributed by atoms with Crippen LogP contribution in [0.4, 0.5) is 0 Å². The van der Waals surface area contributed by atoms with Crippen molar-refractivity contribution in [3.8, 4) is 0 Å². The molecule has 3 aliphatic carbocycles. The summed E-state index contributed by atoms with van der Waals surface area (Å²) in [5, 5.41) is 5.00. The Labute approximate surface area is 184 Å². The van der Waals surface area contributed by atoms with Crippen molar-refractivity contribution in [3.05, 3.63) is 34.0 Å². The molecule has 0 spiro atoms. The maximum absolute atomic E-state index is 13.1. The van der Waals surface area contributed by atoms with Crippen LogP contribution in [-0.4, -0.2) is 29.8 Å². The monoisotopic (exact) mass is 426 g/mol. The molecule has 3 fully saturated rings. The highest BCUT2D eigenvalue weighted by Gasteiger charge is 2.59. The van der Waals surface area contributed by atoms with E-state index in [0.717, 1.165) is 23.1 Å². The molecular weight excluding hydrogens is 392 g/mol. The van der Waals surface area contributed by atoms with Gasteiger partial charge in [-0.1, -0.05) is 32.4 Å². The molecule has 4 nitrogen and oxygen atoms in total. The number of hydrogen-bond acceptors (Lipinski definition) is 3. The van der Waals surface area contributed by atoms with Gasteiger partial charge in [0.25, 0.3) is 11.8 Å². The van der Waals surface area contributed by atoms with E-state index in [1.165, 1.54) is 38.5 Å². The molecule has 5 rings (SSSR count). The van der Waals surface area contributed by atoms with Crippen molar-refractivity contribution in [2.75, 3.05) is 7.05 Å². The lowest BCUT2D eigenvalue weighted by atomic mass is 9.48. The van der Waals surface area contributed by atoms with Crippen molar-refractivity contribution >= 4 is 23.2 Å². The number of rotatable bonds is 3. The second-order valence-corrected chi connectivity index (χ2v) is 11.7. The molecule has 30 heavy (non-hydrogen) atoms. The zero-order valence-corrected chi connectivity index (χ0v) is 19.3. The Kier molecular flexibility index (Phi) is 4.88. The molecule has 2 heterocycles. The SMILES string of the molecule is CN1C(=O)C(C(=O)NCc2cccs2)=C[C@@]2(C)C1CC[C@@H]1[C@H]2CC[C@]2(C)CCC[C@@H]12. The average molecular weight is 427 g/mol. The molecular formula is C25H34N2O2S. The Morgan fingerprint density at radius 2 is 2.03 bits per heavy atom. The van der Waals surface area contributed by atoms with Crippen LogP contribution in [0.5, 0.6) is 0 Å². The van der Waals surface area contributed by atoms with E-state index in [2.05, 4.69) is 25.2 Å². The summed E-state index contributed by atoms with van der Waals surface area (Å²) in [6.45, 7) is 5.34. The first-order chi connectivity index (χ1) is 14.3. The van der Waals surface area contributed by atoms with Gasteiger partial charge in [-0.25, -0.2) is 0 Å². The largest absolute Gasteiger partial charge is 0.347 e. The summed E-state index contributed by atoms with van der Waals surface area (Å²) in [5.41, 5.74) is 0.768. The number of carbonyl (C=O) groups is 2. The summed E-state index contributed by atoms with van der Waals surface area (Å²) in [4.78, 5) is 29.1. The van der Waals surface area contributed by atoms with Crippen LogP contribution in [0.2, 0.25) is 0 Å². The van der Waals surface area contributed by atoms with Gasteiger partial charge in [0.1, 0.15) is 5.57 Å². The van der Waals surface area contributed by atoms with Crippen molar-refractivity contribution < 1.29 is 9.59 Å².